The fourth-order valence-electron chi connectivity index (χ4n) is 3.70. The lowest BCUT2D eigenvalue weighted by Crippen LogP contribution is -2.44. The largest absolute Gasteiger partial charge is 0.493 e. The molecule has 3 rings (SSSR count). The molecule has 1 N–H and O–H groups in total. The first-order valence-corrected chi connectivity index (χ1v) is 9.96. The number of methoxy groups -OCH3 is 2. The molecule has 164 valence electrons. The van der Waals surface area contributed by atoms with Crippen LogP contribution in [0.5, 0.6) is 11.5 Å². The molecule has 0 spiro atoms. The van der Waals surface area contributed by atoms with Crippen LogP contribution in [0.3, 0.4) is 0 Å². The Bertz CT molecular complexity index is 819. The van der Waals surface area contributed by atoms with E-state index in [2.05, 4.69) is 4.90 Å². The van der Waals surface area contributed by atoms with E-state index < -0.39 is 0 Å². The van der Waals surface area contributed by atoms with Gasteiger partial charge in [0.05, 0.1) is 39.6 Å². The van der Waals surface area contributed by atoms with Crippen LogP contribution >= 0.6 is 0 Å². The summed E-state index contributed by atoms with van der Waals surface area (Å²) in [7, 11) is 4.75. The third-order valence-electron chi connectivity index (χ3n) is 5.38. The number of carbonyl (C=O) groups is 2. The highest BCUT2D eigenvalue weighted by Crippen LogP contribution is 2.36. The number of ether oxygens (including phenoxy) is 3. The fraction of sp³-hybridized carbons (Fsp3) is 0.524. The molecule has 1 fully saturated rings. The van der Waals surface area contributed by atoms with Gasteiger partial charge in [-0.05, 0) is 17.7 Å². The summed E-state index contributed by atoms with van der Waals surface area (Å²) in [5, 5.41) is 9.37. The average molecular weight is 419 g/mol. The van der Waals surface area contributed by atoms with Crippen LogP contribution in [-0.4, -0.2) is 105 Å². The number of aliphatic hydroxyl groups is 1. The Kier molecular flexibility index (Phi) is 7.30. The van der Waals surface area contributed by atoms with Crippen molar-refractivity contribution < 1.29 is 28.9 Å². The minimum Gasteiger partial charge on any atom is -0.493 e. The van der Waals surface area contributed by atoms with Gasteiger partial charge in [0.1, 0.15) is 5.70 Å². The maximum absolute atomic E-state index is 13.3. The molecule has 0 saturated carbocycles. The third kappa shape index (κ3) is 4.43. The molecule has 1 aromatic carbocycles. The van der Waals surface area contributed by atoms with Crippen LogP contribution in [0.4, 0.5) is 0 Å². The summed E-state index contributed by atoms with van der Waals surface area (Å²) in [6.45, 7) is 3.87. The highest BCUT2D eigenvalue weighted by molar-refractivity contribution is 6.35. The van der Waals surface area contributed by atoms with E-state index in [4.69, 9.17) is 14.2 Å². The van der Waals surface area contributed by atoms with Crippen molar-refractivity contribution in [2.45, 2.75) is 0 Å². The van der Waals surface area contributed by atoms with Gasteiger partial charge in [0, 0.05) is 39.8 Å². The summed E-state index contributed by atoms with van der Waals surface area (Å²) in [5.74, 6) is 0.306. The SMILES string of the molecule is COc1ccc(C2=C(N(C)CCO)C(=O)N(CCN3CCOCC3)C2=O)cc1OC. The zero-order chi connectivity index (χ0) is 21.7. The molecule has 2 aliphatic heterocycles. The summed E-state index contributed by atoms with van der Waals surface area (Å²) < 4.78 is 16.0. The number of carbonyl (C=O) groups excluding carboxylic acids is 2. The summed E-state index contributed by atoms with van der Waals surface area (Å²) in [4.78, 5) is 31.6. The quantitative estimate of drug-likeness (QED) is 0.561. The van der Waals surface area contributed by atoms with Gasteiger partial charge in [0.2, 0.25) is 0 Å². The minimum absolute atomic E-state index is 0.130. The van der Waals surface area contributed by atoms with E-state index in [-0.39, 0.29) is 30.7 Å². The van der Waals surface area contributed by atoms with Gasteiger partial charge in [-0.1, -0.05) is 6.07 Å². The number of benzene rings is 1. The van der Waals surface area contributed by atoms with E-state index >= 15 is 0 Å². The molecule has 2 amide bonds. The average Bonchev–Trinajstić information content (AvgIpc) is 3.02. The number of hydrogen-bond acceptors (Lipinski definition) is 8. The molecule has 0 unspecified atom stereocenters. The fourth-order valence-corrected chi connectivity index (χ4v) is 3.70. The number of morpholine rings is 1. The van der Waals surface area contributed by atoms with Crippen molar-refractivity contribution in [2.75, 3.05) is 73.8 Å². The Morgan fingerprint density at radius 2 is 1.77 bits per heavy atom. The molecule has 0 bridgehead atoms. The van der Waals surface area contributed by atoms with Crippen LogP contribution in [0.25, 0.3) is 5.57 Å². The monoisotopic (exact) mass is 419 g/mol. The van der Waals surface area contributed by atoms with Crippen molar-refractivity contribution in [2.24, 2.45) is 0 Å². The van der Waals surface area contributed by atoms with Crippen LogP contribution in [0.2, 0.25) is 0 Å². The van der Waals surface area contributed by atoms with Gasteiger partial charge in [0.15, 0.2) is 11.5 Å². The molecule has 2 heterocycles. The van der Waals surface area contributed by atoms with Gasteiger partial charge in [-0.25, -0.2) is 0 Å². The number of imide groups is 1. The van der Waals surface area contributed by atoms with E-state index in [1.54, 1.807) is 30.1 Å². The first-order valence-electron chi connectivity index (χ1n) is 9.96. The molecule has 1 saturated heterocycles. The van der Waals surface area contributed by atoms with E-state index in [1.807, 2.05) is 0 Å². The van der Waals surface area contributed by atoms with E-state index in [0.29, 0.717) is 48.9 Å². The molecular formula is C21H29N3O6. The lowest BCUT2D eigenvalue weighted by Gasteiger charge is -2.28. The summed E-state index contributed by atoms with van der Waals surface area (Å²) in [5.41, 5.74) is 1.15. The molecule has 9 nitrogen and oxygen atoms in total. The first-order chi connectivity index (χ1) is 14.5. The third-order valence-corrected chi connectivity index (χ3v) is 5.38. The Morgan fingerprint density at radius 1 is 1.07 bits per heavy atom. The number of hydrogen-bond donors (Lipinski definition) is 1. The number of likely N-dealkylation sites (N-methyl/N-ethyl adjacent to an activating group) is 1. The van der Waals surface area contributed by atoms with Crippen molar-refractivity contribution >= 4 is 17.4 Å². The van der Waals surface area contributed by atoms with Crippen molar-refractivity contribution in [3.8, 4) is 11.5 Å². The Balaban J connectivity index is 1.91. The van der Waals surface area contributed by atoms with Gasteiger partial charge in [-0.3, -0.25) is 19.4 Å². The lowest BCUT2D eigenvalue weighted by atomic mass is 10.0. The molecule has 2 aliphatic rings. The van der Waals surface area contributed by atoms with Crippen molar-refractivity contribution in [3.63, 3.8) is 0 Å². The van der Waals surface area contributed by atoms with Crippen LogP contribution in [-0.2, 0) is 14.3 Å². The Hall–Kier alpha value is -2.62. The molecule has 30 heavy (non-hydrogen) atoms. The highest BCUT2D eigenvalue weighted by Gasteiger charge is 2.40. The zero-order valence-corrected chi connectivity index (χ0v) is 17.7. The van der Waals surface area contributed by atoms with Crippen molar-refractivity contribution in [1.82, 2.24) is 14.7 Å². The molecular weight excluding hydrogens is 390 g/mol. The van der Waals surface area contributed by atoms with Crippen LogP contribution in [0, 0.1) is 0 Å². The predicted molar refractivity (Wildman–Crippen MR) is 110 cm³/mol. The topological polar surface area (TPSA) is 91.8 Å². The van der Waals surface area contributed by atoms with Gasteiger partial charge in [0.25, 0.3) is 11.8 Å². The molecule has 0 atom stereocenters. The van der Waals surface area contributed by atoms with E-state index in [0.717, 1.165) is 13.1 Å². The van der Waals surface area contributed by atoms with Crippen LogP contribution in [0.1, 0.15) is 5.56 Å². The van der Waals surface area contributed by atoms with Gasteiger partial charge < -0.3 is 24.2 Å². The van der Waals surface area contributed by atoms with Gasteiger partial charge in [-0.2, -0.15) is 0 Å². The lowest BCUT2D eigenvalue weighted by molar-refractivity contribution is -0.137. The zero-order valence-electron chi connectivity index (χ0n) is 17.7. The summed E-state index contributed by atoms with van der Waals surface area (Å²) >= 11 is 0. The second-order valence-electron chi connectivity index (χ2n) is 7.15. The van der Waals surface area contributed by atoms with Gasteiger partial charge in [-0.15, -0.1) is 0 Å². The minimum atomic E-state index is -0.353. The van der Waals surface area contributed by atoms with Gasteiger partial charge >= 0.3 is 0 Å². The van der Waals surface area contributed by atoms with E-state index in [9.17, 15) is 14.7 Å². The van der Waals surface area contributed by atoms with Crippen LogP contribution < -0.4 is 9.47 Å². The highest BCUT2D eigenvalue weighted by atomic mass is 16.5. The molecule has 9 heteroatoms. The maximum Gasteiger partial charge on any atom is 0.277 e. The molecule has 0 radical (unpaired) electrons. The number of rotatable bonds is 9. The van der Waals surface area contributed by atoms with Crippen LogP contribution in [0.15, 0.2) is 23.9 Å². The predicted octanol–water partition coefficient (Wildman–Crippen LogP) is 0.0400. The molecule has 0 aliphatic carbocycles. The van der Waals surface area contributed by atoms with E-state index in [1.165, 1.54) is 19.1 Å². The normalized spacial score (nSPS) is 17.7. The smallest absolute Gasteiger partial charge is 0.277 e. The number of nitrogens with zero attached hydrogens (tertiary/aromatic N) is 3. The standard InChI is InChI=1S/C21H29N3O6/c1-22(8-11-25)19-18(15-4-5-16(28-2)17(14-15)29-3)20(26)24(21(19)27)7-6-23-9-12-30-13-10-23/h4-5,14,25H,6-13H2,1-3H3. The summed E-state index contributed by atoms with van der Waals surface area (Å²) in [6, 6.07) is 5.14. The second-order valence-corrected chi connectivity index (χ2v) is 7.15. The summed E-state index contributed by atoms with van der Waals surface area (Å²) in [6.07, 6.45) is 0. The van der Waals surface area contributed by atoms with Crippen molar-refractivity contribution in [1.29, 1.82) is 0 Å². The Labute approximate surface area is 176 Å². The Morgan fingerprint density at radius 3 is 2.40 bits per heavy atom. The molecule has 1 aromatic rings. The first kappa shape index (κ1) is 22.1. The second kappa shape index (κ2) is 9.92. The number of aliphatic hydroxyl groups excluding tert-OH is 1. The van der Waals surface area contributed by atoms with Crippen molar-refractivity contribution in [3.05, 3.63) is 29.5 Å². The maximum atomic E-state index is 13.3. The number of amides is 2. The molecule has 0 aromatic heterocycles.